The number of amides is 1. The molecular formula is C15H21NOS. The zero-order valence-corrected chi connectivity index (χ0v) is 11.8. The van der Waals surface area contributed by atoms with Gasteiger partial charge < -0.3 is 4.90 Å². The molecule has 0 aromatic carbocycles. The summed E-state index contributed by atoms with van der Waals surface area (Å²) in [7, 11) is 0. The number of carbonyl (C=O) groups is 1. The molecule has 1 aliphatic heterocycles. The zero-order valence-electron chi connectivity index (χ0n) is 11.0. The Hall–Kier alpha value is -0.830. The van der Waals surface area contributed by atoms with Crippen LogP contribution in [0.1, 0.15) is 55.5 Å². The van der Waals surface area contributed by atoms with E-state index < -0.39 is 0 Å². The summed E-state index contributed by atoms with van der Waals surface area (Å²) >= 11 is 1.84. The van der Waals surface area contributed by atoms with Gasteiger partial charge in [-0.05, 0) is 49.1 Å². The molecule has 2 aliphatic rings. The number of thiophene rings is 1. The van der Waals surface area contributed by atoms with Gasteiger partial charge in [0.05, 0.1) is 6.04 Å². The van der Waals surface area contributed by atoms with Gasteiger partial charge in [0.2, 0.25) is 5.91 Å². The second kappa shape index (κ2) is 5.04. The van der Waals surface area contributed by atoms with Crippen LogP contribution in [-0.4, -0.2) is 17.4 Å². The van der Waals surface area contributed by atoms with E-state index in [-0.39, 0.29) is 6.04 Å². The molecule has 0 N–H and O–H groups in total. The van der Waals surface area contributed by atoms with Gasteiger partial charge in [-0.25, -0.2) is 0 Å². The van der Waals surface area contributed by atoms with Crippen LogP contribution >= 0.6 is 11.3 Å². The Morgan fingerprint density at radius 3 is 3.00 bits per heavy atom. The first-order valence-corrected chi connectivity index (χ1v) is 7.99. The Morgan fingerprint density at radius 1 is 1.44 bits per heavy atom. The Bertz CT molecular complexity index is 433. The summed E-state index contributed by atoms with van der Waals surface area (Å²) < 4.78 is 0. The minimum atomic E-state index is 0.286. The predicted molar refractivity (Wildman–Crippen MR) is 74.7 cm³/mol. The average molecular weight is 263 g/mol. The summed E-state index contributed by atoms with van der Waals surface area (Å²) in [5, 5.41) is 2.16. The van der Waals surface area contributed by atoms with Crippen molar-refractivity contribution in [1.82, 2.24) is 4.90 Å². The molecule has 98 valence electrons. The van der Waals surface area contributed by atoms with Crippen LogP contribution in [0.3, 0.4) is 0 Å². The van der Waals surface area contributed by atoms with Crippen molar-refractivity contribution in [3.8, 4) is 0 Å². The number of fused-ring (bicyclic) bond motifs is 1. The Labute approximate surface area is 113 Å². The Kier molecular flexibility index (Phi) is 3.42. The van der Waals surface area contributed by atoms with Gasteiger partial charge in [-0.15, -0.1) is 11.3 Å². The quantitative estimate of drug-likeness (QED) is 0.795. The average Bonchev–Trinajstić information content (AvgIpc) is 2.99. The summed E-state index contributed by atoms with van der Waals surface area (Å²) in [5.41, 5.74) is 1.38. The first kappa shape index (κ1) is 12.2. The highest BCUT2D eigenvalue weighted by molar-refractivity contribution is 7.10. The lowest BCUT2D eigenvalue weighted by atomic mass is 9.98. The highest BCUT2D eigenvalue weighted by Crippen LogP contribution is 2.35. The molecule has 2 heterocycles. The van der Waals surface area contributed by atoms with E-state index in [9.17, 15) is 4.79 Å². The van der Waals surface area contributed by atoms with Crippen molar-refractivity contribution in [3.63, 3.8) is 0 Å². The molecule has 3 heteroatoms. The third-order valence-electron chi connectivity index (χ3n) is 4.54. The molecule has 0 bridgehead atoms. The summed E-state index contributed by atoms with van der Waals surface area (Å²) in [4.78, 5) is 16.0. The van der Waals surface area contributed by atoms with Crippen molar-refractivity contribution < 1.29 is 4.79 Å². The maximum Gasteiger partial charge on any atom is 0.223 e. The maximum atomic E-state index is 12.4. The molecule has 0 radical (unpaired) electrons. The summed E-state index contributed by atoms with van der Waals surface area (Å²) in [5.74, 6) is 1.04. The smallest absolute Gasteiger partial charge is 0.223 e. The molecule has 0 spiro atoms. The number of hydrogen-bond acceptors (Lipinski definition) is 2. The first-order chi connectivity index (χ1) is 8.75. The standard InChI is InChI=1S/C15H21NOS/c1-11-13-7-9-18-14(13)6-8-16(11)15(17)10-12-4-2-3-5-12/h7,9,11-12H,2-6,8,10H2,1H3. The highest BCUT2D eigenvalue weighted by atomic mass is 32.1. The summed E-state index contributed by atoms with van der Waals surface area (Å²) in [6, 6.07) is 2.48. The van der Waals surface area contributed by atoms with E-state index in [1.807, 2.05) is 11.3 Å². The monoisotopic (exact) mass is 263 g/mol. The van der Waals surface area contributed by atoms with Crippen LogP contribution in [0.5, 0.6) is 0 Å². The normalized spacial score (nSPS) is 24.3. The van der Waals surface area contributed by atoms with E-state index in [1.54, 1.807) is 0 Å². The largest absolute Gasteiger partial charge is 0.336 e. The fourth-order valence-electron chi connectivity index (χ4n) is 3.43. The Morgan fingerprint density at radius 2 is 2.22 bits per heavy atom. The lowest BCUT2D eigenvalue weighted by Gasteiger charge is -2.34. The molecule has 1 atom stereocenters. The molecule has 1 amide bonds. The minimum Gasteiger partial charge on any atom is -0.336 e. The third-order valence-corrected chi connectivity index (χ3v) is 5.53. The van der Waals surface area contributed by atoms with Crippen LogP contribution in [0.2, 0.25) is 0 Å². The van der Waals surface area contributed by atoms with Gasteiger partial charge in [-0.3, -0.25) is 4.79 Å². The molecule has 1 saturated carbocycles. The number of carbonyl (C=O) groups excluding carboxylic acids is 1. The lowest BCUT2D eigenvalue weighted by Crippen LogP contribution is -2.38. The third kappa shape index (κ3) is 2.20. The van der Waals surface area contributed by atoms with Gasteiger partial charge in [0, 0.05) is 17.8 Å². The highest BCUT2D eigenvalue weighted by Gasteiger charge is 2.30. The van der Waals surface area contributed by atoms with Crippen molar-refractivity contribution in [3.05, 3.63) is 21.9 Å². The van der Waals surface area contributed by atoms with E-state index >= 15 is 0 Å². The van der Waals surface area contributed by atoms with Crippen molar-refractivity contribution in [1.29, 1.82) is 0 Å². The second-order valence-corrected chi connectivity index (χ2v) is 6.67. The molecule has 18 heavy (non-hydrogen) atoms. The summed E-state index contributed by atoms with van der Waals surface area (Å²) in [6.07, 6.45) is 7.00. The number of rotatable bonds is 2. The number of nitrogens with zero attached hydrogens (tertiary/aromatic N) is 1. The maximum absolute atomic E-state index is 12.4. The van der Waals surface area contributed by atoms with Gasteiger partial charge in [0.15, 0.2) is 0 Å². The molecule has 1 aromatic rings. The first-order valence-electron chi connectivity index (χ1n) is 7.11. The van der Waals surface area contributed by atoms with Gasteiger partial charge in [0.25, 0.3) is 0 Å². The SMILES string of the molecule is CC1c2ccsc2CCN1C(=O)CC1CCCC1. The molecule has 1 fully saturated rings. The van der Waals surface area contributed by atoms with Crippen LogP contribution in [0, 0.1) is 5.92 Å². The van der Waals surface area contributed by atoms with Gasteiger partial charge >= 0.3 is 0 Å². The summed E-state index contributed by atoms with van der Waals surface area (Å²) in [6.45, 7) is 3.09. The molecule has 1 unspecified atom stereocenters. The van der Waals surface area contributed by atoms with E-state index in [1.165, 1.54) is 36.1 Å². The molecule has 0 saturated heterocycles. The zero-order chi connectivity index (χ0) is 12.5. The van der Waals surface area contributed by atoms with E-state index in [0.717, 1.165) is 19.4 Å². The second-order valence-electron chi connectivity index (χ2n) is 5.67. The molecule has 1 aromatic heterocycles. The van der Waals surface area contributed by atoms with Crippen LogP contribution in [0.25, 0.3) is 0 Å². The fourth-order valence-corrected chi connectivity index (χ4v) is 4.39. The predicted octanol–water partition coefficient (Wildman–Crippen LogP) is 3.77. The molecule has 1 aliphatic carbocycles. The van der Waals surface area contributed by atoms with Gasteiger partial charge in [-0.1, -0.05) is 12.8 Å². The topological polar surface area (TPSA) is 20.3 Å². The van der Waals surface area contributed by atoms with E-state index in [0.29, 0.717) is 11.8 Å². The van der Waals surface area contributed by atoms with Crippen molar-refractivity contribution in [2.75, 3.05) is 6.54 Å². The van der Waals surface area contributed by atoms with E-state index in [2.05, 4.69) is 23.3 Å². The molecule has 2 nitrogen and oxygen atoms in total. The molecular weight excluding hydrogens is 242 g/mol. The van der Waals surface area contributed by atoms with Crippen LogP contribution in [0.15, 0.2) is 11.4 Å². The van der Waals surface area contributed by atoms with Crippen LogP contribution in [-0.2, 0) is 11.2 Å². The van der Waals surface area contributed by atoms with E-state index in [4.69, 9.17) is 0 Å². The van der Waals surface area contributed by atoms with Crippen LogP contribution < -0.4 is 0 Å². The van der Waals surface area contributed by atoms with Crippen LogP contribution in [0.4, 0.5) is 0 Å². The Balaban J connectivity index is 1.68. The molecule has 3 rings (SSSR count). The lowest BCUT2D eigenvalue weighted by molar-refractivity contribution is -0.134. The number of hydrogen-bond donors (Lipinski definition) is 0. The fraction of sp³-hybridized carbons (Fsp3) is 0.667. The van der Waals surface area contributed by atoms with Gasteiger partial charge in [0.1, 0.15) is 0 Å². The van der Waals surface area contributed by atoms with Crippen molar-refractivity contribution in [2.24, 2.45) is 5.92 Å². The van der Waals surface area contributed by atoms with Gasteiger partial charge in [-0.2, -0.15) is 0 Å². The minimum absolute atomic E-state index is 0.286. The van der Waals surface area contributed by atoms with Crippen molar-refractivity contribution in [2.45, 2.75) is 51.5 Å². The van der Waals surface area contributed by atoms with Crippen molar-refractivity contribution >= 4 is 17.2 Å².